The molecule has 0 aliphatic carbocycles. The summed E-state index contributed by atoms with van der Waals surface area (Å²) in [5.74, 6) is 0.657. The van der Waals surface area contributed by atoms with Crippen LogP contribution in [0.1, 0.15) is 18.9 Å². The van der Waals surface area contributed by atoms with Crippen molar-refractivity contribution in [1.29, 1.82) is 0 Å². The number of ether oxygens (including phenoxy) is 1. The molecule has 0 saturated heterocycles. The standard InChI is InChI=1S/C18H21N5O2.ClH/c1-2-15(13-24)19-12-14-8-10-17(11-9-14)25-18-20-21-22-23(18)16-6-4-3-5-7-16;/h3-11,15,19,24H,2,12-13H2,1H3;1H. The van der Waals surface area contributed by atoms with Crippen molar-refractivity contribution in [1.82, 2.24) is 25.5 Å². The molecular weight excluding hydrogens is 354 g/mol. The number of para-hydroxylation sites is 1. The molecule has 138 valence electrons. The monoisotopic (exact) mass is 375 g/mol. The van der Waals surface area contributed by atoms with E-state index in [4.69, 9.17) is 4.74 Å². The van der Waals surface area contributed by atoms with Crippen LogP contribution in [0.15, 0.2) is 54.6 Å². The van der Waals surface area contributed by atoms with Crippen molar-refractivity contribution in [2.24, 2.45) is 0 Å². The van der Waals surface area contributed by atoms with Gasteiger partial charge >= 0.3 is 6.01 Å². The highest BCUT2D eigenvalue weighted by Crippen LogP contribution is 2.21. The van der Waals surface area contributed by atoms with E-state index in [0.29, 0.717) is 18.3 Å². The van der Waals surface area contributed by atoms with E-state index in [-0.39, 0.29) is 25.1 Å². The third kappa shape index (κ3) is 5.01. The highest BCUT2D eigenvalue weighted by Gasteiger charge is 2.10. The molecule has 2 aromatic carbocycles. The number of hydrogen-bond donors (Lipinski definition) is 2. The second kappa shape index (κ2) is 9.86. The molecule has 1 atom stereocenters. The Hall–Kier alpha value is -2.48. The van der Waals surface area contributed by atoms with Crippen LogP contribution in [-0.2, 0) is 6.54 Å². The molecule has 7 nitrogen and oxygen atoms in total. The van der Waals surface area contributed by atoms with Gasteiger partial charge in [0.1, 0.15) is 5.75 Å². The summed E-state index contributed by atoms with van der Waals surface area (Å²) in [4.78, 5) is 0. The minimum absolute atomic E-state index is 0. The largest absolute Gasteiger partial charge is 0.423 e. The number of aliphatic hydroxyl groups excluding tert-OH is 1. The minimum atomic E-state index is 0. The number of aromatic nitrogens is 4. The number of nitrogens with zero attached hydrogens (tertiary/aromatic N) is 4. The molecule has 26 heavy (non-hydrogen) atoms. The SMILES string of the molecule is CCC(CO)NCc1ccc(Oc2nnnn2-c2ccccc2)cc1.Cl. The lowest BCUT2D eigenvalue weighted by atomic mass is 10.2. The fourth-order valence-corrected chi connectivity index (χ4v) is 2.35. The molecule has 0 radical (unpaired) electrons. The van der Waals surface area contributed by atoms with Crippen LogP contribution in [0, 0.1) is 0 Å². The van der Waals surface area contributed by atoms with Gasteiger partial charge in [-0.3, -0.25) is 0 Å². The van der Waals surface area contributed by atoms with Crippen molar-refractivity contribution in [3.05, 3.63) is 60.2 Å². The lowest BCUT2D eigenvalue weighted by Crippen LogP contribution is -2.31. The highest BCUT2D eigenvalue weighted by atomic mass is 35.5. The van der Waals surface area contributed by atoms with Gasteiger partial charge in [-0.1, -0.05) is 42.4 Å². The summed E-state index contributed by atoms with van der Waals surface area (Å²) in [6.45, 7) is 2.88. The summed E-state index contributed by atoms with van der Waals surface area (Å²) in [6.07, 6.45) is 0.889. The number of hydrogen-bond acceptors (Lipinski definition) is 6. The third-order valence-corrected chi connectivity index (χ3v) is 3.88. The first-order valence-corrected chi connectivity index (χ1v) is 8.25. The first-order chi connectivity index (χ1) is 12.3. The Labute approximate surface area is 158 Å². The molecule has 3 rings (SSSR count). The quantitative estimate of drug-likeness (QED) is 0.629. The Morgan fingerprint density at radius 3 is 2.50 bits per heavy atom. The normalized spacial score (nSPS) is 11.6. The predicted molar refractivity (Wildman–Crippen MR) is 101 cm³/mol. The van der Waals surface area contributed by atoms with Gasteiger partial charge in [0.05, 0.1) is 12.3 Å². The average Bonchev–Trinajstić information content (AvgIpc) is 3.13. The maximum atomic E-state index is 9.21. The van der Waals surface area contributed by atoms with Gasteiger partial charge < -0.3 is 15.2 Å². The molecule has 1 heterocycles. The van der Waals surface area contributed by atoms with E-state index in [1.165, 1.54) is 0 Å². The summed E-state index contributed by atoms with van der Waals surface area (Å²) >= 11 is 0. The van der Waals surface area contributed by atoms with Crippen molar-refractivity contribution in [3.63, 3.8) is 0 Å². The summed E-state index contributed by atoms with van der Waals surface area (Å²) < 4.78 is 7.34. The van der Waals surface area contributed by atoms with Gasteiger partial charge in [-0.25, -0.2) is 0 Å². The van der Waals surface area contributed by atoms with E-state index in [9.17, 15) is 5.11 Å². The fourth-order valence-electron chi connectivity index (χ4n) is 2.35. The minimum Gasteiger partial charge on any atom is -0.423 e. The Morgan fingerprint density at radius 1 is 1.12 bits per heavy atom. The number of aliphatic hydroxyl groups is 1. The Morgan fingerprint density at radius 2 is 1.85 bits per heavy atom. The van der Waals surface area contributed by atoms with Gasteiger partial charge in [-0.15, -0.1) is 12.4 Å². The van der Waals surface area contributed by atoms with Crippen LogP contribution < -0.4 is 10.1 Å². The average molecular weight is 376 g/mol. The first-order valence-electron chi connectivity index (χ1n) is 8.25. The lowest BCUT2D eigenvalue weighted by molar-refractivity contribution is 0.238. The van der Waals surface area contributed by atoms with E-state index in [0.717, 1.165) is 17.7 Å². The van der Waals surface area contributed by atoms with Crippen LogP contribution in [0.4, 0.5) is 0 Å². The first kappa shape index (κ1) is 19.8. The van der Waals surface area contributed by atoms with Gasteiger partial charge in [-0.2, -0.15) is 4.68 Å². The number of nitrogens with one attached hydrogen (secondary N) is 1. The number of halogens is 1. The summed E-state index contributed by atoms with van der Waals surface area (Å²) in [6, 6.07) is 17.7. The van der Waals surface area contributed by atoms with Crippen LogP contribution in [0.2, 0.25) is 0 Å². The van der Waals surface area contributed by atoms with Gasteiger partial charge in [0.25, 0.3) is 0 Å². The van der Waals surface area contributed by atoms with E-state index >= 15 is 0 Å². The van der Waals surface area contributed by atoms with Crippen LogP contribution >= 0.6 is 12.4 Å². The summed E-state index contributed by atoms with van der Waals surface area (Å²) in [5.41, 5.74) is 1.94. The predicted octanol–water partition coefficient (Wildman–Crippen LogP) is 2.74. The number of rotatable bonds is 8. The van der Waals surface area contributed by atoms with Crippen molar-refractivity contribution in [2.75, 3.05) is 6.61 Å². The van der Waals surface area contributed by atoms with Crippen LogP contribution in [0.5, 0.6) is 11.8 Å². The van der Waals surface area contributed by atoms with Crippen LogP contribution in [0.3, 0.4) is 0 Å². The summed E-state index contributed by atoms with van der Waals surface area (Å²) in [5, 5.41) is 24.1. The molecular formula is C18H22ClN5O2. The van der Waals surface area contributed by atoms with Gasteiger partial charge in [0.2, 0.25) is 0 Å². The van der Waals surface area contributed by atoms with Gasteiger partial charge in [0.15, 0.2) is 0 Å². The maximum absolute atomic E-state index is 9.21. The molecule has 0 amide bonds. The molecule has 0 spiro atoms. The molecule has 1 unspecified atom stereocenters. The lowest BCUT2D eigenvalue weighted by Gasteiger charge is -2.14. The highest BCUT2D eigenvalue weighted by molar-refractivity contribution is 5.85. The molecule has 0 bridgehead atoms. The van der Waals surface area contributed by atoms with Crippen LogP contribution in [-0.4, -0.2) is 38.0 Å². The van der Waals surface area contributed by atoms with Crippen LogP contribution in [0.25, 0.3) is 5.69 Å². The maximum Gasteiger partial charge on any atom is 0.345 e. The molecule has 0 aliphatic heterocycles. The Bertz CT molecular complexity index is 776. The van der Waals surface area contributed by atoms with Gasteiger partial charge in [0, 0.05) is 12.6 Å². The second-order valence-electron chi connectivity index (χ2n) is 5.62. The fraction of sp³-hybridized carbons (Fsp3) is 0.278. The second-order valence-corrected chi connectivity index (χ2v) is 5.62. The van der Waals surface area contributed by atoms with Crippen molar-refractivity contribution < 1.29 is 9.84 Å². The zero-order valence-corrected chi connectivity index (χ0v) is 15.3. The van der Waals surface area contributed by atoms with Crippen molar-refractivity contribution in [3.8, 4) is 17.4 Å². The number of tetrazole rings is 1. The topological polar surface area (TPSA) is 85.1 Å². The molecule has 3 aromatic rings. The van der Waals surface area contributed by atoms with Gasteiger partial charge in [-0.05, 0) is 46.7 Å². The molecule has 0 aliphatic rings. The molecule has 2 N–H and O–H groups in total. The van der Waals surface area contributed by atoms with E-state index in [2.05, 4.69) is 20.8 Å². The van der Waals surface area contributed by atoms with E-state index in [1.54, 1.807) is 4.68 Å². The van der Waals surface area contributed by atoms with Crippen molar-refractivity contribution in [2.45, 2.75) is 25.9 Å². The number of benzene rings is 2. The zero-order chi connectivity index (χ0) is 17.5. The third-order valence-electron chi connectivity index (χ3n) is 3.88. The molecule has 0 saturated carbocycles. The van der Waals surface area contributed by atoms with E-state index < -0.39 is 0 Å². The molecule has 1 aromatic heterocycles. The van der Waals surface area contributed by atoms with E-state index in [1.807, 2.05) is 61.5 Å². The Balaban J connectivity index is 0.00000243. The Kier molecular flexibility index (Phi) is 7.53. The smallest absolute Gasteiger partial charge is 0.345 e. The molecule has 8 heteroatoms. The zero-order valence-electron chi connectivity index (χ0n) is 14.4. The molecule has 0 fully saturated rings. The van der Waals surface area contributed by atoms with Crippen molar-refractivity contribution >= 4 is 12.4 Å². The summed E-state index contributed by atoms with van der Waals surface area (Å²) in [7, 11) is 0.